The summed E-state index contributed by atoms with van der Waals surface area (Å²) in [6.45, 7) is 2.97. The molecule has 11 heteroatoms. The summed E-state index contributed by atoms with van der Waals surface area (Å²) in [5, 5.41) is 7.22. The normalized spacial score (nSPS) is 19.8. The third kappa shape index (κ3) is 7.19. The molecule has 1 fully saturated rings. The lowest BCUT2D eigenvalue weighted by Crippen LogP contribution is -2.36. The summed E-state index contributed by atoms with van der Waals surface area (Å²) in [5.41, 5.74) is 1.96. The molecule has 2 heterocycles. The molecule has 1 saturated heterocycles. The molecule has 3 atom stereocenters. The van der Waals surface area contributed by atoms with Gasteiger partial charge in [0.05, 0.1) is 47.7 Å². The topological polar surface area (TPSA) is 81.6 Å². The Balaban J connectivity index is 1.61. The van der Waals surface area contributed by atoms with Crippen molar-refractivity contribution in [3.8, 4) is 17.6 Å². The molecular weight excluding hydrogens is 531 g/mol. The molecular formula is C28H32F3N3O4S. The molecule has 2 aromatic carbocycles. The van der Waals surface area contributed by atoms with Gasteiger partial charge in [-0.2, -0.15) is 13.2 Å². The van der Waals surface area contributed by atoms with Crippen LogP contribution >= 0.6 is 0 Å². The van der Waals surface area contributed by atoms with Crippen LogP contribution in [0, 0.1) is 11.8 Å². The van der Waals surface area contributed by atoms with Crippen LogP contribution in [0.15, 0.2) is 47.4 Å². The molecule has 0 saturated carbocycles. The second-order valence-corrected chi connectivity index (χ2v) is 11.8. The number of sulfone groups is 1. The molecule has 0 radical (unpaired) electrons. The highest BCUT2D eigenvalue weighted by molar-refractivity contribution is 7.90. The molecule has 210 valence electrons. The Morgan fingerprint density at radius 2 is 1.82 bits per heavy atom. The van der Waals surface area contributed by atoms with Crippen LogP contribution in [-0.4, -0.2) is 57.3 Å². The summed E-state index contributed by atoms with van der Waals surface area (Å²) in [4.78, 5) is 0.113. The SMILES string of the molecule is COc1cc(S(C)(=O)=O)ccc1NCC#Cc1cc2c(N[C@H]3C[C@@H](C)O[C@@H](C)C3)cccc2n1CC(F)(F)F. The lowest BCUT2D eigenvalue weighted by molar-refractivity contribution is -0.140. The van der Waals surface area contributed by atoms with Gasteiger partial charge >= 0.3 is 6.18 Å². The van der Waals surface area contributed by atoms with Crippen molar-refractivity contribution in [1.82, 2.24) is 4.57 Å². The fraction of sp³-hybridized carbons (Fsp3) is 0.429. The van der Waals surface area contributed by atoms with Gasteiger partial charge in [-0.05, 0) is 62.9 Å². The van der Waals surface area contributed by atoms with Crippen LogP contribution < -0.4 is 15.4 Å². The number of nitrogens with one attached hydrogen (secondary N) is 2. The van der Waals surface area contributed by atoms with Crippen LogP contribution in [-0.2, 0) is 21.1 Å². The van der Waals surface area contributed by atoms with E-state index in [0.717, 1.165) is 24.8 Å². The van der Waals surface area contributed by atoms with Crippen LogP contribution in [0.5, 0.6) is 5.75 Å². The lowest BCUT2D eigenvalue weighted by atomic mass is 9.99. The summed E-state index contributed by atoms with van der Waals surface area (Å²) in [5.74, 6) is 6.08. The third-order valence-corrected chi connectivity index (χ3v) is 7.64. The average molecular weight is 564 g/mol. The maximum atomic E-state index is 13.5. The maximum Gasteiger partial charge on any atom is 0.406 e. The van der Waals surface area contributed by atoms with Gasteiger partial charge in [0.2, 0.25) is 0 Å². The van der Waals surface area contributed by atoms with E-state index in [2.05, 4.69) is 22.5 Å². The van der Waals surface area contributed by atoms with E-state index in [1.54, 1.807) is 24.3 Å². The number of fused-ring (bicyclic) bond motifs is 1. The van der Waals surface area contributed by atoms with Crippen LogP contribution in [0.4, 0.5) is 24.5 Å². The van der Waals surface area contributed by atoms with Crippen molar-refractivity contribution in [2.24, 2.45) is 0 Å². The molecule has 4 rings (SSSR count). The number of ether oxygens (including phenoxy) is 2. The predicted octanol–water partition coefficient (Wildman–Crippen LogP) is 5.45. The number of hydrogen-bond acceptors (Lipinski definition) is 6. The molecule has 0 amide bonds. The number of methoxy groups -OCH3 is 1. The molecule has 39 heavy (non-hydrogen) atoms. The molecule has 2 N–H and O–H groups in total. The monoisotopic (exact) mass is 563 g/mol. The first-order valence-corrected chi connectivity index (χ1v) is 14.4. The van der Waals surface area contributed by atoms with Crippen molar-refractivity contribution < 1.29 is 31.1 Å². The summed E-state index contributed by atoms with van der Waals surface area (Å²) < 4.78 is 76.5. The minimum absolute atomic E-state index is 0.0930. The zero-order chi connectivity index (χ0) is 28.4. The van der Waals surface area contributed by atoms with E-state index in [0.29, 0.717) is 22.3 Å². The first kappa shape index (κ1) is 28.6. The minimum atomic E-state index is -4.43. The summed E-state index contributed by atoms with van der Waals surface area (Å²) in [6, 6.07) is 11.5. The average Bonchev–Trinajstić information content (AvgIpc) is 3.17. The van der Waals surface area contributed by atoms with E-state index < -0.39 is 22.6 Å². The number of anilines is 2. The standard InChI is InChI=1S/C28H32F3N3O4S/c1-18-13-20(14-19(2)38-18)33-24-8-5-9-26-23(24)15-21(34(26)17-28(29,30)31)7-6-12-32-25-11-10-22(39(4,35)36)16-27(25)37-3/h5,8-11,15-16,18-20,32-33H,12-14,17H2,1-4H3/t18-,19+,20+. The van der Waals surface area contributed by atoms with Crippen molar-refractivity contribution in [1.29, 1.82) is 0 Å². The Bertz CT molecular complexity index is 1500. The Morgan fingerprint density at radius 1 is 1.10 bits per heavy atom. The van der Waals surface area contributed by atoms with Gasteiger partial charge < -0.3 is 24.7 Å². The van der Waals surface area contributed by atoms with Gasteiger partial charge in [0.25, 0.3) is 0 Å². The molecule has 7 nitrogen and oxygen atoms in total. The van der Waals surface area contributed by atoms with Crippen LogP contribution in [0.3, 0.4) is 0 Å². The highest BCUT2D eigenvalue weighted by Gasteiger charge is 2.30. The summed E-state index contributed by atoms with van der Waals surface area (Å²) >= 11 is 0. The van der Waals surface area contributed by atoms with Gasteiger partial charge in [0.1, 0.15) is 12.3 Å². The Hall–Kier alpha value is -3.36. The Labute approximate surface area is 226 Å². The smallest absolute Gasteiger partial charge is 0.406 e. The first-order valence-electron chi connectivity index (χ1n) is 12.6. The van der Waals surface area contributed by atoms with Crippen molar-refractivity contribution in [2.75, 3.05) is 30.5 Å². The summed E-state index contributed by atoms with van der Waals surface area (Å²) in [6.07, 6.45) is -1.53. The highest BCUT2D eigenvalue weighted by Crippen LogP contribution is 2.32. The van der Waals surface area contributed by atoms with Gasteiger partial charge in [0.15, 0.2) is 9.84 Å². The molecule has 0 aliphatic carbocycles. The minimum Gasteiger partial charge on any atom is -0.495 e. The molecule has 3 aromatic rings. The van der Waals surface area contributed by atoms with Gasteiger partial charge in [-0.1, -0.05) is 12.0 Å². The van der Waals surface area contributed by atoms with E-state index in [9.17, 15) is 21.6 Å². The number of halogens is 3. The van der Waals surface area contributed by atoms with Crippen LogP contribution in [0.1, 0.15) is 32.4 Å². The lowest BCUT2D eigenvalue weighted by Gasteiger charge is -2.33. The van der Waals surface area contributed by atoms with E-state index in [4.69, 9.17) is 9.47 Å². The molecule has 1 aliphatic rings. The summed E-state index contributed by atoms with van der Waals surface area (Å²) in [7, 11) is -1.99. The first-order chi connectivity index (χ1) is 18.3. The van der Waals surface area contributed by atoms with Crippen molar-refractivity contribution in [3.05, 3.63) is 48.2 Å². The predicted molar refractivity (Wildman–Crippen MR) is 146 cm³/mol. The van der Waals surface area contributed by atoms with Crippen LogP contribution in [0.25, 0.3) is 10.9 Å². The van der Waals surface area contributed by atoms with E-state index in [1.165, 1.54) is 23.8 Å². The van der Waals surface area contributed by atoms with Gasteiger partial charge in [-0.25, -0.2) is 8.42 Å². The maximum absolute atomic E-state index is 13.5. The van der Waals surface area contributed by atoms with E-state index in [1.807, 2.05) is 19.9 Å². The number of nitrogens with zero attached hydrogens (tertiary/aromatic N) is 1. The molecule has 0 bridgehead atoms. The Kier molecular flexibility index (Phi) is 8.37. The fourth-order valence-corrected chi connectivity index (χ4v) is 5.57. The Morgan fingerprint density at radius 3 is 2.46 bits per heavy atom. The van der Waals surface area contributed by atoms with Crippen LogP contribution in [0.2, 0.25) is 0 Å². The van der Waals surface area contributed by atoms with E-state index in [-0.39, 0.29) is 35.4 Å². The molecule has 0 unspecified atom stereocenters. The third-order valence-electron chi connectivity index (χ3n) is 6.53. The highest BCUT2D eigenvalue weighted by atomic mass is 32.2. The van der Waals surface area contributed by atoms with Crippen molar-refractivity contribution >= 4 is 32.1 Å². The van der Waals surface area contributed by atoms with Gasteiger partial charge in [-0.3, -0.25) is 0 Å². The zero-order valence-electron chi connectivity index (χ0n) is 22.2. The number of benzene rings is 2. The number of alkyl halides is 3. The second-order valence-electron chi connectivity index (χ2n) is 9.83. The largest absolute Gasteiger partial charge is 0.495 e. The zero-order valence-corrected chi connectivity index (χ0v) is 23.0. The molecule has 1 aromatic heterocycles. The van der Waals surface area contributed by atoms with Crippen molar-refractivity contribution in [3.63, 3.8) is 0 Å². The molecule has 1 aliphatic heterocycles. The van der Waals surface area contributed by atoms with Crippen molar-refractivity contribution in [2.45, 2.75) is 62.6 Å². The quantitative estimate of drug-likeness (QED) is 0.373. The van der Waals surface area contributed by atoms with Gasteiger partial charge in [-0.15, -0.1) is 0 Å². The molecule has 0 spiro atoms. The van der Waals surface area contributed by atoms with Gasteiger partial charge in [0, 0.05) is 29.4 Å². The fourth-order valence-electron chi connectivity index (χ4n) is 4.93. The van der Waals surface area contributed by atoms with E-state index >= 15 is 0 Å². The number of hydrogen-bond donors (Lipinski definition) is 2. The second kappa shape index (κ2) is 11.4. The number of rotatable bonds is 7. The number of aromatic nitrogens is 1.